The Morgan fingerprint density at radius 1 is 1.35 bits per heavy atom. The summed E-state index contributed by atoms with van der Waals surface area (Å²) < 4.78 is 0. The Labute approximate surface area is 98.4 Å². The summed E-state index contributed by atoms with van der Waals surface area (Å²) in [5.41, 5.74) is -0.392. The SMILES string of the molecule is O=C1CC2(CCCC2)C(=O)N1Cc1ncn[nH]1. The van der Waals surface area contributed by atoms with E-state index in [0.29, 0.717) is 12.2 Å². The van der Waals surface area contributed by atoms with Gasteiger partial charge in [-0.1, -0.05) is 12.8 Å². The van der Waals surface area contributed by atoms with Gasteiger partial charge in [0.15, 0.2) is 0 Å². The van der Waals surface area contributed by atoms with Gasteiger partial charge in [-0.05, 0) is 12.8 Å². The van der Waals surface area contributed by atoms with Crippen LogP contribution in [0, 0.1) is 5.41 Å². The summed E-state index contributed by atoms with van der Waals surface area (Å²) >= 11 is 0. The summed E-state index contributed by atoms with van der Waals surface area (Å²) in [6, 6.07) is 0. The van der Waals surface area contributed by atoms with Crippen LogP contribution in [0.25, 0.3) is 0 Å². The van der Waals surface area contributed by atoms with Gasteiger partial charge >= 0.3 is 0 Å². The maximum atomic E-state index is 12.3. The largest absolute Gasteiger partial charge is 0.274 e. The molecule has 1 saturated carbocycles. The Hall–Kier alpha value is -1.72. The average Bonchev–Trinajstić information content (AvgIpc) is 2.99. The Kier molecular flexibility index (Phi) is 2.24. The minimum absolute atomic E-state index is 0.0172. The van der Waals surface area contributed by atoms with Gasteiger partial charge in [0.25, 0.3) is 0 Å². The second-order valence-electron chi connectivity index (χ2n) is 4.88. The molecule has 1 spiro atoms. The van der Waals surface area contributed by atoms with Crippen LogP contribution in [0.1, 0.15) is 37.9 Å². The smallest absolute Gasteiger partial charge is 0.236 e. The molecule has 0 unspecified atom stereocenters. The predicted octanol–water partition coefficient (Wildman–Crippen LogP) is 0.624. The van der Waals surface area contributed by atoms with Crippen LogP contribution in [0.2, 0.25) is 0 Å². The molecule has 17 heavy (non-hydrogen) atoms. The van der Waals surface area contributed by atoms with Crippen LogP contribution in [0.5, 0.6) is 0 Å². The predicted molar refractivity (Wildman–Crippen MR) is 57.5 cm³/mol. The van der Waals surface area contributed by atoms with Gasteiger partial charge in [0.1, 0.15) is 12.2 Å². The van der Waals surface area contributed by atoms with E-state index in [9.17, 15) is 9.59 Å². The van der Waals surface area contributed by atoms with Crippen molar-refractivity contribution in [1.29, 1.82) is 0 Å². The van der Waals surface area contributed by atoms with Crippen molar-refractivity contribution in [3.05, 3.63) is 12.2 Å². The second kappa shape index (κ2) is 3.65. The molecule has 1 aromatic heterocycles. The minimum atomic E-state index is -0.392. The highest BCUT2D eigenvalue weighted by Crippen LogP contribution is 2.46. The zero-order chi connectivity index (χ0) is 11.9. The van der Waals surface area contributed by atoms with Crippen LogP contribution in [0.3, 0.4) is 0 Å². The maximum absolute atomic E-state index is 12.3. The zero-order valence-corrected chi connectivity index (χ0v) is 9.48. The molecular formula is C11H14N4O2. The normalized spacial score (nSPS) is 22.9. The van der Waals surface area contributed by atoms with Crippen molar-refractivity contribution in [2.24, 2.45) is 5.41 Å². The molecule has 2 amide bonds. The summed E-state index contributed by atoms with van der Waals surface area (Å²) in [5, 5.41) is 6.39. The van der Waals surface area contributed by atoms with Gasteiger partial charge in [0.05, 0.1) is 12.0 Å². The van der Waals surface area contributed by atoms with Crippen LogP contribution in [-0.4, -0.2) is 31.9 Å². The third kappa shape index (κ3) is 1.55. The van der Waals surface area contributed by atoms with Gasteiger partial charge in [-0.3, -0.25) is 19.6 Å². The number of rotatable bonds is 2. The number of nitrogens with zero attached hydrogens (tertiary/aromatic N) is 3. The van der Waals surface area contributed by atoms with Gasteiger partial charge in [0.2, 0.25) is 11.8 Å². The molecule has 3 rings (SSSR count). The summed E-state index contributed by atoms with van der Waals surface area (Å²) in [6.07, 6.45) is 5.56. The molecule has 6 nitrogen and oxygen atoms in total. The van der Waals surface area contributed by atoms with E-state index in [1.807, 2.05) is 0 Å². The Morgan fingerprint density at radius 3 is 2.76 bits per heavy atom. The number of likely N-dealkylation sites (tertiary alicyclic amines) is 1. The van der Waals surface area contributed by atoms with E-state index in [4.69, 9.17) is 0 Å². The lowest BCUT2D eigenvalue weighted by molar-refractivity contribution is -0.142. The monoisotopic (exact) mass is 234 g/mol. The highest BCUT2D eigenvalue weighted by Gasteiger charge is 2.52. The lowest BCUT2D eigenvalue weighted by Gasteiger charge is -2.20. The fraction of sp³-hybridized carbons (Fsp3) is 0.636. The molecule has 1 aliphatic carbocycles. The van der Waals surface area contributed by atoms with E-state index >= 15 is 0 Å². The average molecular weight is 234 g/mol. The fourth-order valence-electron chi connectivity index (χ4n) is 2.92. The van der Waals surface area contributed by atoms with Crippen molar-refractivity contribution in [2.45, 2.75) is 38.6 Å². The van der Waals surface area contributed by atoms with Crippen molar-refractivity contribution in [2.75, 3.05) is 0 Å². The third-order valence-corrected chi connectivity index (χ3v) is 3.82. The van der Waals surface area contributed by atoms with E-state index in [-0.39, 0.29) is 18.4 Å². The number of carbonyl (C=O) groups excluding carboxylic acids is 2. The molecular weight excluding hydrogens is 220 g/mol. The quantitative estimate of drug-likeness (QED) is 0.761. The Morgan fingerprint density at radius 2 is 2.12 bits per heavy atom. The zero-order valence-electron chi connectivity index (χ0n) is 9.48. The number of imide groups is 1. The third-order valence-electron chi connectivity index (χ3n) is 3.82. The number of aromatic nitrogens is 3. The molecule has 0 radical (unpaired) electrons. The molecule has 6 heteroatoms. The number of amides is 2. The van der Waals surface area contributed by atoms with Gasteiger partial charge in [-0.15, -0.1) is 0 Å². The van der Waals surface area contributed by atoms with Crippen LogP contribution < -0.4 is 0 Å². The van der Waals surface area contributed by atoms with Crippen molar-refractivity contribution >= 4 is 11.8 Å². The first-order valence-corrected chi connectivity index (χ1v) is 5.90. The first kappa shape index (κ1) is 10.4. The topological polar surface area (TPSA) is 79.0 Å². The lowest BCUT2D eigenvalue weighted by atomic mass is 9.84. The summed E-state index contributed by atoms with van der Waals surface area (Å²) in [7, 11) is 0. The van der Waals surface area contributed by atoms with Gasteiger partial charge in [-0.2, -0.15) is 5.10 Å². The fourth-order valence-corrected chi connectivity index (χ4v) is 2.92. The molecule has 0 bridgehead atoms. The first-order valence-electron chi connectivity index (χ1n) is 5.90. The van der Waals surface area contributed by atoms with Crippen molar-refractivity contribution in [3.8, 4) is 0 Å². The Balaban J connectivity index is 1.82. The number of nitrogens with one attached hydrogen (secondary N) is 1. The number of carbonyl (C=O) groups is 2. The van der Waals surface area contributed by atoms with E-state index in [2.05, 4.69) is 15.2 Å². The van der Waals surface area contributed by atoms with Crippen LogP contribution >= 0.6 is 0 Å². The highest BCUT2D eigenvalue weighted by molar-refractivity contribution is 6.05. The molecule has 0 aromatic carbocycles. The molecule has 1 aromatic rings. The van der Waals surface area contributed by atoms with Gasteiger partial charge < -0.3 is 0 Å². The van der Waals surface area contributed by atoms with Crippen LogP contribution in [0.15, 0.2) is 6.33 Å². The van der Waals surface area contributed by atoms with E-state index in [0.717, 1.165) is 25.7 Å². The number of hydrogen-bond donors (Lipinski definition) is 1. The van der Waals surface area contributed by atoms with Crippen LogP contribution in [-0.2, 0) is 16.1 Å². The van der Waals surface area contributed by atoms with Crippen molar-refractivity contribution in [3.63, 3.8) is 0 Å². The molecule has 1 N–H and O–H groups in total. The van der Waals surface area contributed by atoms with Crippen LogP contribution in [0.4, 0.5) is 0 Å². The number of H-pyrrole nitrogens is 1. The molecule has 2 heterocycles. The number of aromatic amines is 1. The summed E-state index contributed by atoms with van der Waals surface area (Å²) in [5.74, 6) is 0.464. The molecule has 2 aliphatic rings. The van der Waals surface area contributed by atoms with Gasteiger partial charge in [-0.25, -0.2) is 4.98 Å². The molecule has 1 saturated heterocycles. The van der Waals surface area contributed by atoms with E-state index in [1.54, 1.807) is 0 Å². The maximum Gasteiger partial charge on any atom is 0.236 e. The highest BCUT2D eigenvalue weighted by atomic mass is 16.2. The number of hydrogen-bond acceptors (Lipinski definition) is 4. The summed E-state index contributed by atoms with van der Waals surface area (Å²) in [4.78, 5) is 29.5. The second-order valence-corrected chi connectivity index (χ2v) is 4.88. The van der Waals surface area contributed by atoms with E-state index < -0.39 is 5.41 Å². The van der Waals surface area contributed by atoms with Gasteiger partial charge in [0, 0.05) is 6.42 Å². The standard InChI is InChI=1S/C11H14N4O2/c16-9-5-11(3-1-2-4-11)10(17)15(9)6-8-12-7-13-14-8/h7H,1-6H2,(H,12,13,14). The first-order chi connectivity index (χ1) is 8.21. The molecule has 0 atom stereocenters. The van der Waals surface area contributed by atoms with E-state index in [1.165, 1.54) is 11.2 Å². The Bertz CT molecular complexity index is 448. The minimum Gasteiger partial charge on any atom is -0.274 e. The lowest BCUT2D eigenvalue weighted by Crippen LogP contribution is -2.34. The molecule has 90 valence electrons. The summed E-state index contributed by atoms with van der Waals surface area (Å²) in [6.45, 7) is 0.222. The molecule has 1 aliphatic heterocycles. The van der Waals surface area contributed by atoms with Crippen molar-refractivity contribution in [1.82, 2.24) is 20.1 Å². The van der Waals surface area contributed by atoms with Crippen molar-refractivity contribution < 1.29 is 9.59 Å². The molecule has 2 fully saturated rings.